The standard InChI is InChI=1S/C25H32F8O5S/c1-13(34)17-6-7-18-16-5-4-14-12-15(8-10-21(14,2)19(16)9-11-22(17,18)3)37-39(35,36)25(32,33)24(30,31)38-23(28,29)20(26)27/h12,14,16-20H,4-11H2,1-3H3/t14?,16-,17+,18-,19-,21-,22+/m0/s1. The normalized spacial score (nSPS) is 37.5. The highest BCUT2D eigenvalue weighted by atomic mass is 32.2. The summed E-state index contributed by atoms with van der Waals surface area (Å²) in [6.45, 7) is 5.83. The van der Waals surface area contributed by atoms with Gasteiger partial charge in [0, 0.05) is 12.3 Å². The van der Waals surface area contributed by atoms with E-state index in [0.29, 0.717) is 24.7 Å². The van der Waals surface area contributed by atoms with Gasteiger partial charge in [-0.2, -0.15) is 34.8 Å². The van der Waals surface area contributed by atoms with Crippen LogP contribution in [-0.2, 0) is 23.8 Å². The second kappa shape index (κ2) is 9.55. The Morgan fingerprint density at radius 2 is 1.56 bits per heavy atom. The Kier molecular flexibility index (Phi) is 7.48. The van der Waals surface area contributed by atoms with E-state index in [-0.39, 0.29) is 40.8 Å². The Morgan fingerprint density at radius 3 is 2.15 bits per heavy atom. The van der Waals surface area contributed by atoms with Gasteiger partial charge in [-0.1, -0.05) is 13.8 Å². The van der Waals surface area contributed by atoms with E-state index in [9.17, 15) is 48.3 Å². The second-order valence-corrected chi connectivity index (χ2v) is 13.6. The molecule has 0 heterocycles. The summed E-state index contributed by atoms with van der Waals surface area (Å²) in [6.07, 6.45) is -11.3. The van der Waals surface area contributed by atoms with Gasteiger partial charge in [-0.15, -0.1) is 0 Å². The van der Waals surface area contributed by atoms with Crippen molar-refractivity contribution in [2.24, 2.45) is 40.4 Å². The molecule has 0 aliphatic heterocycles. The zero-order valence-corrected chi connectivity index (χ0v) is 22.5. The van der Waals surface area contributed by atoms with E-state index in [2.05, 4.69) is 15.8 Å². The number of halogens is 8. The van der Waals surface area contributed by atoms with Crippen LogP contribution < -0.4 is 0 Å². The van der Waals surface area contributed by atoms with Gasteiger partial charge in [0.1, 0.15) is 11.5 Å². The third kappa shape index (κ3) is 4.78. The van der Waals surface area contributed by atoms with Crippen molar-refractivity contribution in [1.29, 1.82) is 0 Å². The predicted molar refractivity (Wildman–Crippen MR) is 121 cm³/mol. The summed E-state index contributed by atoms with van der Waals surface area (Å²) in [5.74, 6) is 0.223. The third-order valence-electron chi connectivity index (χ3n) is 10.1. The molecule has 4 aliphatic rings. The van der Waals surface area contributed by atoms with Crippen molar-refractivity contribution in [3.8, 4) is 0 Å². The molecular formula is C25H32F8O5S. The van der Waals surface area contributed by atoms with Crippen LogP contribution in [0.2, 0.25) is 0 Å². The largest absolute Gasteiger partial charge is 0.471 e. The number of Topliss-reactive ketones (excluding diaryl/α,β-unsaturated/α-hetero) is 1. The Bertz CT molecular complexity index is 1130. The monoisotopic (exact) mass is 596 g/mol. The van der Waals surface area contributed by atoms with Crippen LogP contribution in [0.25, 0.3) is 0 Å². The van der Waals surface area contributed by atoms with E-state index in [4.69, 9.17) is 0 Å². The fraction of sp³-hybridized carbons (Fsp3) is 0.880. The minimum Gasteiger partial charge on any atom is -0.383 e. The van der Waals surface area contributed by atoms with Gasteiger partial charge in [-0.05, 0) is 92.4 Å². The van der Waals surface area contributed by atoms with Gasteiger partial charge in [0.15, 0.2) is 0 Å². The van der Waals surface area contributed by atoms with E-state index in [1.54, 1.807) is 6.92 Å². The first-order chi connectivity index (χ1) is 17.7. The number of carbonyl (C=O) groups excluding carboxylic acids is 1. The van der Waals surface area contributed by atoms with Gasteiger partial charge in [0.2, 0.25) is 0 Å². The smallest absolute Gasteiger partial charge is 0.383 e. The highest BCUT2D eigenvalue weighted by molar-refractivity contribution is 7.88. The number of alkyl halides is 8. The average molecular weight is 597 g/mol. The molecule has 4 rings (SSSR count). The van der Waals surface area contributed by atoms with Crippen molar-refractivity contribution >= 4 is 15.9 Å². The summed E-state index contributed by atoms with van der Waals surface area (Å²) < 4.78 is 137. The molecule has 0 bridgehead atoms. The number of ketones is 1. The summed E-state index contributed by atoms with van der Waals surface area (Å²) in [5, 5.41) is -6.39. The molecule has 0 aromatic carbocycles. The number of hydrogen-bond donors (Lipinski definition) is 0. The van der Waals surface area contributed by atoms with E-state index < -0.39 is 39.8 Å². The summed E-state index contributed by atoms with van der Waals surface area (Å²) in [7, 11) is -6.62. The van der Waals surface area contributed by atoms with E-state index >= 15 is 0 Å². The lowest BCUT2D eigenvalue weighted by atomic mass is 9.45. The summed E-state index contributed by atoms with van der Waals surface area (Å²) in [6, 6.07) is 0. The van der Waals surface area contributed by atoms with Crippen molar-refractivity contribution < 1.29 is 57.3 Å². The maximum atomic E-state index is 14.2. The molecular weight excluding hydrogens is 564 g/mol. The van der Waals surface area contributed by atoms with Gasteiger partial charge in [-0.25, -0.2) is 13.5 Å². The Labute approximate surface area is 221 Å². The molecule has 3 saturated carbocycles. The lowest BCUT2D eigenvalue weighted by Crippen LogP contribution is -2.54. The van der Waals surface area contributed by atoms with Crippen LogP contribution in [0.5, 0.6) is 0 Å². The van der Waals surface area contributed by atoms with Crippen LogP contribution in [-0.4, -0.2) is 38.1 Å². The van der Waals surface area contributed by atoms with Crippen molar-refractivity contribution in [3.05, 3.63) is 11.8 Å². The van der Waals surface area contributed by atoms with E-state index in [1.807, 2.05) is 6.92 Å². The molecule has 5 nitrogen and oxygen atoms in total. The molecule has 0 radical (unpaired) electrons. The first-order valence-electron chi connectivity index (χ1n) is 13.0. The number of ether oxygens (including phenoxy) is 1. The third-order valence-corrected chi connectivity index (χ3v) is 11.4. The molecule has 1 unspecified atom stereocenters. The van der Waals surface area contributed by atoms with Crippen LogP contribution in [0.4, 0.5) is 35.1 Å². The van der Waals surface area contributed by atoms with Gasteiger partial charge in [0.05, 0.1) is 0 Å². The summed E-state index contributed by atoms with van der Waals surface area (Å²) in [5.41, 5.74) is -0.451. The number of fused-ring (bicyclic) bond motifs is 5. The highest BCUT2D eigenvalue weighted by Crippen LogP contribution is 2.67. The zero-order chi connectivity index (χ0) is 29.4. The minimum absolute atomic E-state index is 0.00913. The molecule has 14 heteroatoms. The molecule has 0 spiro atoms. The maximum absolute atomic E-state index is 14.2. The van der Waals surface area contributed by atoms with Gasteiger partial charge >= 0.3 is 34.0 Å². The maximum Gasteiger partial charge on any atom is 0.471 e. The van der Waals surface area contributed by atoms with Gasteiger partial charge in [0.25, 0.3) is 0 Å². The van der Waals surface area contributed by atoms with Gasteiger partial charge in [-0.3, -0.25) is 4.79 Å². The van der Waals surface area contributed by atoms with Crippen molar-refractivity contribution in [2.75, 3.05) is 0 Å². The molecule has 4 aliphatic carbocycles. The Hall–Kier alpha value is -1.44. The Balaban J connectivity index is 1.52. The van der Waals surface area contributed by atoms with E-state index in [0.717, 1.165) is 32.1 Å². The molecule has 0 saturated heterocycles. The fourth-order valence-corrected chi connectivity index (χ4v) is 9.04. The topological polar surface area (TPSA) is 69.7 Å². The summed E-state index contributed by atoms with van der Waals surface area (Å²) >= 11 is 0. The zero-order valence-electron chi connectivity index (χ0n) is 21.7. The lowest BCUT2D eigenvalue weighted by molar-refractivity contribution is -0.435. The van der Waals surface area contributed by atoms with Crippen LogP contribution >= 0.6 is 0 Å². The SMILES string of the molecule is CC(=O)[C@H]1CC[C@H]2[C@@H]3CCC4C=C(OS(=O)(=O)C(F)(F)C(F)(F)OC(F)(F)C(F)F)CC[C@]4(C)[C@H]3CC[C@]12C. The van der Waals surface area contributed by atoms with Gasteiger partial charge < -0.3 is 4.18 Å². The van der Waals surface area contributed by atoms with Crippen molar-refractivity contribution in [2.45, 2.75) is 96.0 Å². The first kappa shape index (κ1) is 30.5. The van der Waals surface area contributed by atoms with Crippen molar-refractivity contribution in [3.63, 3.8) is 0 Å². The van der Waals surface area contributed by atoms with Crippen molar-refractivity contribution in [1.82, 2.24) is 0 Å². The molecule has 224 valence electrons. The Morgan fingerprint density at radius 1 is 0.949 bits per heavy atom. The lowest BCUT2D eigenvalue weighted by Gasteiger charge is -2.59. The number of hydrogen-bond acceptors (Lipinski definition) is 5. The fourth-order valence-electron chi connectivity index (χ4n) is 8.18. The second-order valence-electron chi connectivity index (χ2n) is 12.0. The van der Waals surface area contributed by atoms with Crippen LogP contribution in [0, 0.1) is 40.4 Å². The number of carbonyl (C=O) groups is 1. The van der Waals surface area contributed by atoms with Crippen LogP contribution in [0.15, 0.2) is 11.8 Å². The quantitative estimate of drug-likeness (QED) is 0.220. The number of allylic oxidation sites excluding steroid dienone is 2. The molecule has 0 aromatic rings. The molecule has 0 N–H and O–H groups in total. The van der Waals surface area contributed by atoms with E-state index in [1.165, 1.54) is 6.08 Å². The first-order valence-corrected chi connectivity index (χ1v) is 14.4. The molecule has 0 aromatic heterocycles. The molecule has 7 atom stereocenters. The average Bonchev–Trinajstić information content (AvgIpc) is 3.15. The molecule has 39 heavy (non-hydrogen) atoms. The highest BCUT2D eigenvalue weighted by Gasteiger charge is 2.73. The van der Waals surface area contributed by atoms with Crippen LogP contribution in [0.1, 0.15) is 72.1 Å². The molecule has 3 fully saturated rings. The summed E-state index contributed by atoms with van der Waals surface area (Å²) in [4.78, 5) is 12.3. The van der Waals surface area contributed by atoms with Crippen LogP contribution in [0.3, 0.4) is 0 Å². The molecule has 0 amide bonds. The predicted octanol–water partition coefficient (Wildman–Crippen LogP) is 7.13. The number of rotatable bonds is 8. The minimum atomic E-state index is -6.62.